The molecule has 2 N–H and O–H groups in total. The van der Waals surface area contributed by atoms with E-state index in [0.717, 1.165) is 78.4 Å². The van der Waals surface area contributed by atoms with Crippen molar-refractivity contribution in [1.29, 1.82) is 0 Å². The van der Waals surface area contributed by atoms with Crippen LogP contribution in [0.2, 0.25) is 0 Å². The lowest BCUT2D eigenvalue weighted by molar-refractivity contribution is -0.133. The second kappa shape index (κ2) is 10.00. The molecule has 2 unspecified atom stereocenters. The molecular formula is C29H36N8O2. The molecule has 0 aliphatic carbocycles. The third kappa shape index (κ3) is 4.52. The highest BCUT2D eigenvalue weighted by atomic mass is 16.5. The van der Waals surface area contributed by atoms with Crippen LogP contribution in [0, 0.1) is 6.92 Å². The summed E-state index contributed by atoms with van der Waals surface area (Å²) in [4.78, 5) is 20.9. The molecule has 0 bridgehead atoms. The number of ether oxygens (including phenoxy) is 1. The second-order valence-electron chi connectivity index (χ2n) is 10.9. The minimum Gasteiger partial charge on any atom is -0.382 e. The summed E-state index contributed by atoms with van der Waals surface area (Å²) >= 11 is 0. The van der Waals surface area contributed by atoms with Gasteiger partial charge in [-0.05, 0) is 69.5 Å². The van der Waals surface area contributed by atoms with Crippen LogP contribution >= 0.6 is 0 Å². The number of anilines is 2. The van der Waals surface area contributed by atoms with Gasteiger partial charge in [0.05, 0.1) is 17.4 Å². The van der Waals surface area contributed by atoms with E-state index < -0.39 is 0 Å². The molecule has 0 spiro atoms. The number of aromatic nitrogens is 5. The van der Waals surface area contributed by atoms with E-state index in [1.807, 2.05) is 21.7 Å². The highest BCUT2D eigenvalue weighted by molar-refractivity contribution is 5.91. The molecular weight excluding hydrogens is 492 g/mol. The summed E-state index contributed by atoms with van der Waals surface area (Å²) in [6, 6.07) is 11.4. The molecule has 4 aromatic rings. The number of fused-ring (bicyclic) bond motifs is 1. The molecule has 1 amide bonds. The van der Waals surface area contributed by atoms with E-state index in [1.165, 1.54) is 6.33 Å². The number of amides is 1. The van der Waals surface area contributed by atoms with Crippen LogP contribution in [0.4, 0.5) is 11.5 Å². The first-order valence-electron chi connectivity index (χ1n) is 13.7. The second-order valence-corrected chi connectivity index (χ2v) is 10.9. The van der Waals surface area contributed by atoms with Gasteiger partial charge in [0, 0.05) is 68.3 Å². The Labute approximate surface area is 228 Å². The maximum absolute atomic E-state index is 12.2. The van der Waals surface area contributed by atoms with Gasteiger partial charge in [0.25, 0.3) is 0 Å². The molecule has 2 atom stereocenters. The Morgan fingerprint density at radius 1 is 1.03 bits per heavy atom. The van der Waals surface area contributed by atoms with Crippen molar-refractivity contribution in [3.05, 3.63) is 48.4 Å². The zero-order valence-electron chi connectivity index (χ0n) is 23.0. The summed E-state index contributed by atoms with van der Waals surface area (Å²) in [5.74, 6) is 0.561. The average molecular weight is 529 g/mol. The van der Waals surface area contributed by atoms with Crippen LogP contribution in [0.5, 0.6) is 0 Å². The number of nitrogen functional groups attached to an aromatic ring is 1. The molecule has 10 heteroatoms. The predicted octanol–water partition coefficient (Wildman–Crippen LogP) is 3.95. The van der Waals surface area contributed by atoms with Crippen molar-refractivity contribution >= 4 is 22.9 Å². The first-order valence-corrected chi connectivity index (χ1v) is 13.7. The van der Waals surface area contributed by atoms with Crippen molar-refractivity contribution in [3.8, 4) is 22.5 Å². The third-order valence-corrected chi connectivity index (χ3v) is 8.07. The number of aryl methyl sites for hydroxylation is 1. The van der Waals surface area contributed by atoms with Crippen LogP contribution in [-0.4, -0.2) is 73.6 Å². The molecule has 5 heterocycles. The molecule has 2 aliphatic heterocycles. The molecule has 2 saturated heterocycles. The summed E-state index contributed by atoms with van der Waals surface area (Å²) in [6.07, 6.45) is 5.21. The lowest BCUT2D eigenvalue weighted by Gasteiger charge is -2.45. The maximum atomic E-state index is 12.2. The van der Waals surface area contributed by atoms with E-state index in [2.05, 4.69) is 64.7 Å². The van der Waals surface area contributed by atoms with Crippen molar-refractivity contribution in [1.82, 2.24) is 29.3 Å². The van der Waals surface area contributed by atoms with Crippen molar-refractivity contribution in [2.75, 3.05) is 36.9 Å². The largest absolute Gasteiger partial charge is 0.382 e. The lowest BCUT2D eigenvalue weighted by Crippen LogP contribution is -2.58. The summed E-state index contributed by atoms with van der Waals surface area (Å²) in [6.45, 7) is 11.1. The Morgan fingerprint density at radius 3 is 2.49 bits per heavy atom. The van der Waals surface area contributed by atoms with Crippen LogP contribution < -0.4 is 10.6 Å². The number of rotatable bonds is 4. The Kier molecular flexibility index (Phi) is 6.50. The molecule has 10 nitrogen and oxygen atoms in total. The number of carbonyl (C=O) groups is 1. The van der Waals surface area contributed by atoms with Gasteiger partial charge in [0.1, 0.15) is 11.8 Å². The number of piperazine rings is 1. The molecule has 204 valence electrons. The molecule has 0 radical (unpaired) electrons. The number of benzene rings is 1. The number of hydrogen-bond acceptors (Lipinski definition) is 7. The smallest absolute Gasteiger partial charge is 0.220 e. The Balaban J connectivity index is 1.44. The van der Waals surface area contributed by atoms with E-state index in [-0.39, 0.29) is 24.0 Å². The Hall–Kier alpha value is -3.92. The minimum atomic E-state index is 0.129. The van der Waals surface area contributed by atoms with Crippen LogP contribution in [0.3, 0.4) is 0 Å². The fourth-order valence-corrected chi connectivity index (χ4v) is 6.46. The molecule has 2 fully saturated rings. The maximum Gasteiger partial charge on any atom is 0.220 e. The van der Waals surface area contributed by atoms with Gasteiger partial charge < -0.3 is 20.3 Å². The number of nitrogens with zero attached hydrogens (tertiary/aromatic N) is 7. The number of nitrogens with two attached hydrogens (primary N) is 1. The van der Waals surface area contributed by atoms with Gasteiger partial charge in [-0.3, -0.25) is 9.48 Å². The van der Waals surface area contributed by atoms with Crippen LogP contribution in [0.25, 0.3) is 28.0 Å². The highest BCUT2D eigenvalue weighted by Gasteiger charge is 2.31. The van der Waals surface area contributed by atoms with Crippen molar-refractivity contribution in [2.45, 2.75) is 58.7 Å². The SMILES string of the molecule is CC(=O)N1C(C)CN(c2cc(C)cc(-c3cc(-c4ccnn4C4CCOCC4)c4c(N)ncnn34)c2)CC1C. The van der Waals surface area contributed by atoms with E-state index in [4.69, 9.17) is 15.6 Å². The lowest BCUT2D eigenvalue weighted by atomic mass is 10.0. The Morgan fingerprint density at radius 2 is 1.77 bits per heavy atom. The van der Waals surface area contributed by atoms with Gasteiger partial charge in [-0.1, -0.05) is 0 Å². The van der Waals surface area contributed by atoms with Gasteiger partial charge in [-0.2, -0.15) is 10.2 Å². The van der Waals surface area contributed by atoms with Gasteiger partial charge in [0.15, 0.2) is 5.82 Å². The van der Waals surface area contributed by atoms with Gasteiger partial charge in [-0.25, -0.2) is 9.50 Å². The first kappa shape index (κ1) is 25.4. The number of carbonyl (C=O) groups excluding carboxylic acids is 1. The van der Waals surface area contributed by atoms with E-state index in [0.29, 0.717) is 5.82 Å². The van der Waals surface area contributed by atoms with E-state index in [1.54, 1.807) is 6.92 Å². The summed E-state index contributed by atoms with van der Waals surface area (Å²) < 4.78 is 9.59. The molecule has 2 aliphatic rings. The van der Waals surface area contributed by atoms with Gasteiger partial charge in [-0.15, -0.1) is 0 Å². The van der Waals surface area contributed by atoms with Crippen molar-refractivity contribution in [3.63, 3.8) is 0 Å². The molecule has 3 aromatic heterocycles. The molecule has 1 aromatic carbocycles. The molecule has 0 saturated carbocycles. The topological polar surface area (TPSA) is 107 Å². The van der Waals surface area contributed by atoms with Crippen LogP contribution in [0.15, 0.2) is 42.9 Å². The summed E-state index contributed by atoms with van der Waals surface area (Å²) in [5.41, 5.74) is 13.5. The monoisotopic (exact) mass is 528 g/mol. The van der Waals surface area contributed by atoms with Gasteiger partial charge in [0.2, 0.25) is 5.91 Å². The highest BCUT2D eigenvalue weighted by Crippen LogP contribution is 2.38. The normalized spacial score (nSPS) is 20.6. The molecule has 39 heavy (non-hydrogen) atoms. The van der Waals surface area contributed by atoms with E-state index >= 15 is 0 Å². The van der Waals surface area contributed by atoms with Crippen molar-refractivity contribution < 1.29 is 9.53 Å². The number of hydrogen-bond donors (Lipinski definition) is 1. The third-order valence-electron chi connectivity index (χ3n) is 8.07. The summed E-state index contributed by atoms with van der Waals surface area (Å²) in [5, 5.41) is 9.33. The fourth-order valence-electron chi connectivity index (χ4n) is 6.46. The van der Waals surface area contributed by atoms with Crippen LogP contribution in [-0.2, 0) is 9.53 Å². The minimum absolute atomic E-state index is 0.129. The average Bonchev–Trinajstić information content (AvgIpc) is 3.54. The predicted molar refractivity (Wildman–Crippen MR) is 152 cm³/mol. The van der Waals surface area contributed by atoms with Gasteiger partial charge >= 0.3 is 0 Å². The molecule has 6 rings (SSSR count). The van der Waals surface area contributed by atoms with Crippen molar-refractivity contribution in [2.24, 2.45) is 0 Å². The van der Waals surface area contributed by atoms with E-state index in [9.17, 15) is 4.79 Å². The zero-order valence-corrected chi connectivity index (χ0v) is 23.0. The zero-order chi connectivity index (χ0) is 27.3. The standard InChI is InChI=1S/C29H36N8O2/c1-18-11-22(13-24(12-18)34-15-19(2)35(21(4)38)20(3)16-34)27-14-25(28-29(30)31-17-33-37(27)28)26-5-8-32-36(26)23-6-9-39-10-7-23/h5,8,11-14,17,19-20,23H,6-7,9-10,15-16H2,1-4H3,(H2,30,31,33). The quantitative estimate of drug-likeness (QED) is 0.427. The first-order chi connectivity index (χ1) is 18.8. The Bertz CT molecular complexity index is 1510. The van der Waals surface area contributed by atoms with Crippen LogP contribution in [0.1, 0.15) is 45.2 Å². The fraction of sp³-hybridized carbons (Fsp3) is 0.448. The summed E-state index contributed by atoms with van der Waals surface area (Å²) in [7, 11) is 0.